The smallest absolute Gasteiger partial charge is 0.0779 e. The number of likely N-dealkylation sites (N-methyl/N-ethyl adjacent to an activating group) is 1. The van der Waals surface area contributed by atoms with Crippen molar-refractivity contribution in [2.75, 3.05) is 19.7 Å². The van der Waals surface area contributed by atoms with Gasteiger partial charge in [0.25, 0.3) is 0 Å². The van der Waals surface area contributed by atoms with E-state index in [1.807, 2.05) is 4.90 Å². The van der Waals surface area contributed by atoms with Crippen LogP contribution >= 0.6 is 12.2 Å². The highest BCUT2D eigenvalue weighted by Crippen LogP contribution is 1.99. The predicted molar refractivity (Wildman–Crippen MR) is 51.8 cm³/mol. The molecule has 0 rings (SSSR count). The number of hydrogen-bond donors (Lipinski definition) is 1. The first-order valence-electron chi connectivity index (χ1n) is 4.14. The van der Waals surface area contributed by atoms with Crippen LogP contribution in [-0.4, -0.2) is 34.7 Å². The van der Waals surface area contributed by atoms with E-state index in [0.717, 1.165) is 24.4 Å². The van der Waals surface area contributed by atoms with Gasteiger partial charge in [0.2, 0.25) is 0 Å². The molecule has 0 unspecified atom stereocenters. The lowest BCUT2D eigenvalue weighted by Gasteiger charge is -2.21. The van der Waals surface area contributed by atoms with Gasteiger partial charge in [0.15, 0.2) is 0 Å². The predicted octanol–water partition coefficient (Wildman–Crippen LogP) is 1.43. The molecule has 11 heavy (non-hydrogen) atoms. The molecule has 0 aromatic rings. The van der Waals surface area contributed by atoms with Crippen molar-refractivity contribution in [1.82, 2.24) is 4.90 Å². The Kier molecular flexibility index (Phi) is 6.46. The number of aliphatic hydroxyl groups is 1. The van der Waals surface area contributed by atoms with Crippen LogP contribution in [0.25, 0.3) is 0 Å². The van der Waals surface area contributed by atoms with Crippen LogP contribution in [0.1, 0.15) is 26.7 Å². The second-order valence-electron chi connectivity index (χ2n) is 2.45. The Bertz CT molecular complexity index is 117. The largest absolute Gasteiger partial charge is 0.395 e. The van der Waals surface area contributed by atoms with Crippen molar-refractivity contribution >= 4 is 17.2 Å². The molecule has 0 fully saturated rings. The Morgan fingerprint density at radius 1 is 1.45 bits per heavy atom. The topological polar surface area (TPSA) is 23.5 Å². The highest BCUT2D eigenvalue weighted by Gasteiger charge is 2.04. The van der Waals surface area contributed by atoms with Gasteiger partial charge < -0.3 is 10.0 Å². The summed E-state index contributed by atoms with van der Waals surface area (Å²) in [5.41, 5.74) is 0. The molecule has 0 aliphatic heterocycles. The first-order chi connectivity index (χ1) is 5.26. The molecular formula is C8H17NOS. The van der Waals surface area contributed by atoms with E-state index in [9.17, 15) is 0 Å². The third-order valence-electron chi connectivity index (χ3n) is 1.57. The molecule has 0 bridgehead atoms. The van der Waals surface area contributed by atoms with E-state index >= 15 is 0 Å². The van der Waals surface area contributed by atoms with Gasteiger partial charge in [0.1, 0.15) is 0 Å². The molecular weight excluding hydrogens is 158 g/mol. The molecule has 0 aromatic carbocycles. The third-order valence-corrected chi connectivity index (χ3v) is 2.03. The first-order valence-corrected chi connectivity index (χ1v) is 4.55. The molecule has 0 aliphatic carbocycles. The lowest BCUT2D eigenvalue weighted by Crippen LogP contribution is -2.31. The van der Waals surface area contributed by atoms with Gasteiger partial charge in [-0.05, 0) is 19.8 Å². The van der Waals surface area contributed by atoms with E-state index in [-0.39, 0.29) is 6.61 Å². The van der Waals surface area contributed by atoms with E-state index in [0.29, 0.717) is 6.54 Å². The number of aliphatic hydroxyl groups excluding tert-OH is 1. The molecule has 0 saturated carbocycles. The van der Waals surface area contributed by atoms with Crippen LogP contribution in [-0.2, 0) is 0 Å². The van der Waals surface area contributed by atoms with Crippen molar-refractivity contribution in [2.24, 2.45) is 0 Å². The minimum atomic E-state index is 0.192. The lowest BCUT2D eigenvalue weighted by molar-refractivity contribution is 0.253. The maximum Gasteiger partial charge on any atom is 0.0779 e. The van der Waals surface area contributed by atoms with Crippen molar-refractivity contribution in [2.45, 2.75) is 26.7 Å². The average Bonchev–Trinajstić information content (AvgIpc) is 2.00. The van der Waals surface area contributed by atoms with Crippen LogP contribution < -0.4 is 0 Å². The second-order valence-corrected chi connectivity index (χ2v) is 2.92. The minimum absolute atomic E-state index is 0.192. The molecule has 1 N–H and O–H groups in total. The molecule has 0 atom stereocenters. The van der Waals surface area contributed by atoms with Gasteiger partial charge in [-0.3, -0.25) is 0 Å². The molecule has 66 valence electrons. The summed E-state index contributed by atoms with van der Waals surface area (Å²) in [6.45, 7) is 5.93. The van der Waals surface area contributed by atoms with Crippen molar-refractivity contribution < 1.29 is 5.11 Å². The molecule has 0 spiro atoms. The van der Waals surface area contributed by atoms with E-state index in [4.69, 9.17) is 17.3 Å². The fourth-order valence-corrected chi connectivity index (χ4v) is 1.38. The maximum absolute atomic E-state index is 8.68. The van der Waals surface area contributed by atoms with Crippen LogP contribution in [0.5, 0.6) is 0 Å². The quantitative estimate of drug-likeness (QED) is 0.639. The van der Waals surface area contributed by atoms with Crippen molar-refractivity contribution in [3.8, 4) is 0 Å². The van der Waals surface area contributed by atoms with E-state index in [1.54, 1.807) is 0 Å². The normalized spacial score (nSPS) is 9.73. The molecule has 0 aromatic heterocycles. The van der Waals surface area contributed by atoms with E-state index in [1.165, 1.54) is 0 Å². The SMILES string of the molecule is CCCC(=S)N(CC)CCO. The van der Waals surface area contributed by atoms with Gasteiger partial charge in [-0.2, -0.15) is 0 Å². The van der Waals surface area contributed by atoms with Crippen LogP contribution in [0.15, 0.2) is 0 Å². The fraction of sp³-hybridized carbons (Fsp3) is 0.875. The Hall–Kier alpha value is -0.150. The lowest BCUT2D eigenvalue weighted by atomic mass is 10.3. The summed E-state index contributed by atoms with van der Waals surface area (Å²) in [5, 5.41) is 8.68. The van der Waals surface area contributed by atoms with Gasteiger partial charge in [-0.1, -0.05) is 19.1 Å². The molecule has 0 radical (unpaired) electrons. The Labute approximate surface area is 74.2 Å². The number of rotatable bonds is 5. The summed E-state index contributed by atoms with van der Waals surface area (Å²) in [7, 11) is 0. The summed E-state index contributed by atoms with van der Waals surface area (Å²) < 4.78 is 0. The highest BCUT2D eigenvalue weighted by molar-refractivity contribution is 7.80. The second kappa shape index (κ2) is 6.55. The zero-order valence-corrected chi connectivity index (χ0v) is 8.15. The highest BCUT2D eigenvalue weighted by atomic mass is 32.1. The van der Waals surface area contributed by atoms with E-state index in [2.05, 4.69) is 13.8 Å². The molecule has 2 nitrogen and oxygen atoms in total. The molecule has 0 amide bonds. The van der Waals surface area contributed by atoms with E-state index < -0.39 is 0 Å². The van der Waals surface area contributed by atoms with Gasteiger partial charge in [-0.25, -0.2) is 0 Å². The van der Waals surface area contributed by atoms with Crippen LogP contribution in [0.3, 0.4) is 0 Å². The van der Waals surface area contributed by atoms with Crippen molar-refractivity contribution in [3.05, 3.63) is 0 Å². The van der Waals surface area contributed by atoms with Crippen LogP contribution in [0.4, 0.5) is 0 Å². The van der Waals surface area contributed by atoms with Crippen LogP contribution in [0, 0.1) is 0 Å². The van der Waals surface area contributed by atoms with Gasteiger partial charge in [0.05, 0.1) is 11.6 Å². The summed E-state index contributed by atoms with van der Waals surface area (Å²) in [5.74, 6) is 0. The zero-order chi connectivity index (χ0) is 8.69. The Balaban J connectivity index is 3.71. The zero-order valence-electron chi connectivity index (χ0n) is 7.34. The standard InChI is InChI=1S/C8H17NOS/c1-3-5-8(11)9(4-2)6-7-10/h10H,3-7H2,1-2H3. The first kappa shape index (κ1) is 10.8. The van der Waals surface area contributed by atoms with Gasteiger partial charge >= 0.3 is 0 Å². The molecule has 0 aliphatic rings. The monoisotopic (exact) mass is 175 g/mol. The summed E-state index contributed by atoms with van der Waals surface area (Å²) in [6, 6.07) is 0. The maximum atomic E-state index is 8.68. The minimum Gasteiger partial charge on any atom is -0.395 e. The van der Waals surface area contributed by atoms with Crippen molar-refractivity contribution in [1.29, 1.82) is 0 Å². The Morgan fingerprint density at radius 3 is 2.45 bits per heavy atom. The third kappa shape index (κ3) is 4.32. The number of hydrogen-bond acceptors (Lipinski definition) is 2. The summed E-state index contributed by atoms with van der Waals surface area (Å²) in [4.78, 5) is 3.02. The van der Waals surface area contributed by atoms with Gasteiger partial charge in [0, 0.05) is 13.1 Å². The van der Waals surface area contributed by atoms with Crippen LogP contribution in [0.2, 0.25) is 0 Å². The summed E-state index contributed by atoms with van der Waals surface area (Å²) >= 11 is 5.15. The van der Waals surface area contributed by atoms with Crippen molar-refractivity contribution in [3.63, 3.8) is 0 Å². The molecule has 0 heterocycles. The van der Waals surface area contributed by atoms with Gasteiger partial charge in [-0.15, -0.1) is 0 Å². The molecule has 3 heteroatoms. The molecule has 0 saturated heterocycles. The number of thiocarbonyl (C=S) groups is 1. The summed E-state index contributed by atoms with van der Waals surface area (Å²) in [6.07, 6.45) is 2.05. The Morgan fingerprint density at radius 2 is 2.09 bits per heavy atom. The fourth-order valence-electron chi connectivity index (χ4n) is 0.952. The average molecular weight is 175 g/mol. The number of nitrogens with zero attached hydrogens (tertiary/aromatic N) is 1.